The van der Waals surface area contributed by atoms with Gasteiger partial charge in [-0.15, -0.1) is 11.3 Å². The second-order valence-electron chi connectivity index (χ2n) is 5.50. The zero-order valence-electron chi connectivity index (χ0n) is 13.4. The van der Waals surface area contributed by atoms with Crippen LogP contribution >= 0.6 is 11.3 Å². The molecule has 0 radical (unpaired) electrons. The number of aromatic nitrogens is 1. The van der Waals surface area contributed by atoms with Gasteiger partial charge in [0.15, 0.2) is 0 Å². The number of hydrogen-bond acceptors (Lipinski definition) is 3. The van der Waals surface area contributed by atoms with Crippen molar-refractivity contribution in [3.63, 3.8) is 0 Å². The molecule has 1 aromatic carbocycles. The fourth-order valence-corrected chi connectivity index (χ4v) is 3.35. The minimum atomic E-state index is -4.33. The Kier molecular flexibility index (Phi) is 5.14. The molecule has 0 N–H and O–H groups in total. The maximum absolute atomic E-state index is 12.7. The molecule has 1 heterocycles. The Hall–Kier alpha value is -1.82. The van der Waals surface area contributed by atoms with Crippen molar-refractivity contribution in [1.82, 2.24) is 4.98 Å². The van der Waals surface area contributed by atoms with Crippen molar-refractivity contribution in [2.75, 3.05) is 7.11 Å². The van der Waals surface area contributed by atoms with Crippen LogP contribution in [0.1, 0.15) is 42.8 Å². The van der Waals surface area contributed by atoms with Gasteiger partial charge in [0.1, 0.15) is 5.01 Å². The third-order valence-corrected chi connectivity index (χ3v) is 4.57. The van der Waals surface area contributed by atoms with Gasteiger partial charge < -0.3 is 4.74 Å². The molecule has 0 unspecified atom stereocenters. The van der Waals surface area contributed by atoms with Crippen molar-refractivity contribution in [3.05, 3.63) is 46.7 Å². The predicted octanol–water partition coefficient (Wildman–Crippen LogP) is 5.96. The summed E-state index contributed by atoms with van der Waals surface area (Å²) in [6.45, 7) is 6.00. The first kappa shape index (κ1) is 17.5. The highest BCUT2D eigenvalue weighted by Gasteiger charge is 2.30. The van der Waals surface area contributed by atoms with E-state index < -0.39 is 11.7 Å². The van der Waals surface area contributed by atoms with E-state index in [9.17, 15) is 13.2 Å². The minimum Gasteiger partial charge on any atom is -0.504 e. The van der Waals surface area contributed by atoms with E-state index in [0.29, 0.717) is 10.6 Å². The Labute approximate surface area is 137 Å². The molecule has 0 aliphatic carbocycles. The van der Waals surface area contributed by atoms with Gasteiger partial charge >= 0.3 is 6.18 Å². The number of benzene rings is 1. The van der Waals surface area contributed by atoms with E-state index in [1.165, 1.54) is 23.5 Å². The molecule has 0 saturated carbocycles. The monoisotopic (exact) mass is 341 g/mol. The average Bonchev–Trinajstić information content (AvgIpc) is 2.92. The van der Waals surface area contributed by atoms with E-state index >= 15 is 0 Å². The summed E-state index contributed by atoms with van der Waals surface area (Å²) in [4.78, 5) is 5.61. The van der Waals surface area contributed by atoms with E-state index in [0.717, 1.165) is 28.3 Å². The highest BCUT2D eigenvalue weighted by molar-refractivity contribution is 7.16. The van der Waals surface area contributed by atoms with Crippen LogP contribution in [-0.2, 0) is 10.9 Å². The quantitative estimate of drug-likeness (QED) is 0.640. The van der Waals surface area contributed by atoms with Crippen LogP contribution < -0.4 is 0 Å². The Balaban J connectivity index is 2.44. The highest BCUT2D eigenvalue weighted by Crippen LogP contribution is 2.37. The molecular weight excluding hydrogens is 323 g/mol. The number of rotatable bonds is 4. The van der Waals surface area contributed by atoms with Crippen LogP contribution in [0.15, 0.2) is 30.5 Å². The molecule has 0 atom stereocenters. The Morgan fingerprint density at radius 2 is 1.83 bits per heavy atom. The van der Waals surface area contributed by atoms with E-state index in [1.54, 1.807) is 13.4 Å². The number of nitrogens with zero attached hydrogens (tertiary/aromatic N) is 1. The Bertz CT molecular complexity index is 700. The molecule has 0 aliphatic rings. The van der Waals surface area contributed by atoms with Gasteiger partial charge in [0.2, 0.25) is 0 Å². The molecule has 0 spiro atoms. The van der Waals surface area contributed by atoms with Crippen LogP contribution in [0.2, 0.25) is 0 Å². The maximum atomic E-state index is 12.7. The normalized spacial score (nSPS) is 12.8. The van der Waals surface area contributed by atoms with Gasteiger partial charge in [0.25, 0.3) is 0 Å². The summed E-state index contributed by atoms with van der Waals surface area (Å²) in [5.74, 6) is 0.213. The largest absolute Gasteiger partial charge is 0.504 e. The van der Waals surface area contributed by atoms with Gasteiger partial charge in [0.05, 0.1) is 29.5 Å². The lowest BCUT2D eigenvalue weighted by atomic mass is 10.1. The van der Waals surface area contributed by atoms with Gasteiger partial charge in [-0.3, -0.25) is 0 Å². The van der Waals surface area contributed by atoms with E-state index in [2.05, 4.69) is 4.98 Å². The number of alkyl halides is 3. The maximum Gasteiger partial charge on any atom is 0.416 e. The Morgan fingerprint density at radius 3 is 2.30 bits per heavy atom. The molecule has 124 valence electrons. The number of allylic oxidation sites excluding steroid dienone is 1. The Morgan fingerprint density at radius 1 is 1.22 bits per heavy atom. The second kappa shape index (κ2) is 6.74. The van der Waals surface area contributed by atoms with Gasteiger partial charge in [0, 0.05) is 11.1 Å². The molecule has 0 aliphatic heterocycles. The lowest BCUT2D eigenvalue weighted by Crippen LogP contribution is -2.03. The zero-order valence-corrected chi connectivity index (χ0v) is 14.2. The first-order valence-electron chi connectivity index (χ1n) is 7.12. The third kappa shape index (κ3) is 3.93. The summed E-state index contributed by atoms with van der Waals surface area (Å²) in [7, 11) is 1.58. The van der Waals surface area contributed by atoms with E-state index in [-0.39, 0.29) is 5.92 Å². The number of ether oxygens (including phenoxy) is 1. The fraction of sp³-hybridized carbons (Fsp3) is 0.353. The lowest BCUT2D eigenvalue weighted by molar-refractivity contribution is -0.137. The molecule has 0 amide bonds. The minimum absolute atomic E-state index is 0.213. The predicted molar refractivity (Wildman–Crippen MR) is 87.3 cm³/mol. The molecule has 23 heavy (non-hydrogen) atoms. The SMILES string of the molecule is COC=C(C)c1sc(-c2ccc(C(F)(F)F)cc2)nc1C(C)C. The molecule has 6 heteroatoms. The number of methoxy groups -OCH3 is 1. The topological polar surface area (TPSA) is 22.1 Å². The second-order valence-corrected chi connectivity index (χ2v) is 6.50. The van der Waals surface area contributed by atoms with Crippen molar-refractivity contribution in [2.24, 2.45) is 0 Å². The first-order valence-corrected chi connectivity index (χ1v) is 7.94. The van der Waals surface area contributed by atoms with Gasteiger partial charge in [-0.2, -0.15) is 13.2 Å². The molecule has 2 rings (SSSR count). The highest BCUT2D eigenvalue weighted by atomic mass is 32.1. The van der Waals surface area contributed by atoms with Crippen molar-refractivity contribution in [1.29, 1.82) is 0 Å². The smallest absolute Gasteiger partial charge is 0.416 e. The van der Waals surface area contributed by atoms with Crippen LogP contribution in [0.5, 0.6) is 0 Å². The van der Waals surface area contributed by atoms with Crippen LogP contribution in [0.3, 0.4) is 0 Å². The van der Waals surface area contributed by atoms with Crippen molar-refractivity contribution in [3.8, 4) is 10.6 Å². The van der Waals surface area contributed by atoms with Crippen LogP contribution in [-0.4, -0.2) is 12.1 Å². The average molecular weight is 341 g/mol. The summed E-state index contributed by atoms with van der Waals surface area (Å²) in [6, 6.07) is 5.10. The summed E-state index contributed by atoms with van der Waals surface area (Å²) in [6.07, 6.45) is -2.68. The summed E-state index contributed by atoms with van der Waals surface area (Å²) >= 11 is 1.46. The lowest BCUT2D eigenvalue weighted by Gasteiger charge is -2.06. The number of halogens is 3. The van der Waals surface area contributed by atoms with Gasteiger partial charge in [-0.05, 0) is 25.0 Å². The van der Waals surface area contributed by atoms with Crippen LogP contribution in [0.25, 0.3) is 16.1 Å². The van der Waals surface area contributed by atoms with Gasteiger partial charge in [-0.25, -0.2) is 4.98 Å². The third-order valence-electron chi connectivity index (χ3n) is 3.31. The zero-order chi connectivity index (χ0) is 17.2. The van der Waals surface area contributed by atoms with E-state index in [1.807, 2.05) is 20.8 Å². The molecule has 1 aromatic heterocycles. The van der Waals surface area contributed by atoms with Crippen LogP contribution in [0, 0.1) is 0 Å². The molecular formula is C17H18F3NOS. The fourth-order valence-electron chi connectivity index (χ4n) is 2.16. The molecule has 2 aromatic rings. The molecule has 0 saturated heterocycles. The first-order chi connectivity index (χ1) is 10.7. The van der Waals surface area contributed by atoms with Crippen LogP contribution in [0.4, 0.5) is 13.2 Å². The van der Waals surface area contributed by atoms with E-state index in [4.69, 9.17) is 4.74 Å². The summed E-state index contributed by atoms with van der Waals surface area (Å²) in [5.41, 5.74) is 1.90. The number of thiazole rings is 1. The standard InChI is InChI=1S/C17H18F3NOS/c1-10(2)14-15(11(3)9-22-4)23-16(21-14)12-5-7-13(8-6-12)17(18,19)20/h5-10H,1-4H3. The summed E-state index contributed by atoms with van der Waals surface area (Å²) < 4.78 is 43.0. The molecule has 0 fully saturated rings. The van der Waals surface area contributed by atoms with Crippen molar-refractivity contribution < 1.29 is 17.9 Å². The van der Waals surface area contributed by atoms with Gasteiger partial charge in [-0.1, -0.05) is 26.0 Å². The molecule has 2 nitrogen and oxygen atoms in total. The van der Waals surface area contributed by atoms with Crippen molar-refractivity contribution >= 4 is 16.9 Å². The summed E-state index contributed by atoms with van der Waals surface area (Å²) in [5, 5.41) is 0.710. The van der Waals surface area contributed by atoms with Crippen molar-refractivity contribution in [2.45, 2.75) is 32.9 Å². The number of hydrogen-bond donors (Lipinski definition) is 0. The molecule has 0 bridgehead atoms.